The maximum absolute atomic E-state index is 13.4. The highest BCUT2D eigenvalue weighted by Crippen LogP contribution is 2.41. The van der Waals surface area contributed by atoms with Gasteiger partial charge in [-0.25, -0.2) is 9.59 Å². The van der Waals surface area contributed by atoms with E-state index in [-0.39, 0.29) is 17.9 Å². The lowest BCUT2D eigenvalue weighted by Crippen LogP contribution is -2.50. The summed E-state index contributed by atoms with van der Waals surface area (Å²) < 4.78 is 44.7. The maximum Gasteiger partial charge on any atom is 0.432 e. The number of halogens is 4. The largest absolute Gasteiger partial charge is 0.463 e. The first kappa shape index (κ1) is 22.5. The fraction of sp³-hybridized carbons (Fsp3) is 0.263. The summed E-state index contributed by atoms with van der Waals surface area (Å²) in [6.07, 6.45) is -5.30. The van der Waals surface area contributed by atoms with Gasteiger partial charge in [0.15, 0.2) is 0 Å². The van der Waals surface area contributed by atoms with Gasteiger partial charge < -0.3 is 20.5 Å². The highest BCUT2D eigenvalue weighted by Gasteiger charge is 2.62. The average molecular weight is 431 g/mol. The normalized spacial score (nSPS) is 13.3. The molecule has 1 unspecified atom stereocenters. The van der Waals surface area contributed by atoms with Gasteiger partial charge in [-0.3, -0.25) is 0 Å². The minimum absolute atomic E-state index is 0.189. The fourth-order valence-corrected chi connectivity index (χ4v) is 2.61. The highest BCUT2D eigenvalue weighted by molar-refractivity contribution is 6.30. The van der Waals surface area contributed by atoms with Crippen molar-refractivity contribution in [2.75, 3.05) is 17.2 Å². The molecule has 0 saturated heterocycles. The van der Waals surface area contributed by atoms with E-state index in [0.717, 1.165) is 18.2 Å². The van der Waals surface area contributed by atoms with Crippen LogP contribution in [0.1, 0.15) is 18.1 Å². The molecule has 6 nitrogen and oxygen atoms in total. The number of amides is 2. The van der Waals surface area contributed by atoms with Gasteiger partial charge in [0, 0.05) is 22.0 Å². The lowest BCUT2D eigenvalue weighted by atomic mass is 9.91. The first-order valence-electron chi connectivity index (χ1n) is 8.40. The summed E-state index contributed by atoms with van der Waals surface area (Å²) in [4.78, 5) is 23.9. The number of aryl methyl sites for hydroxylation is 1. The number of benzene rings is 2. The van der Waals surface area contributed by atoms with Crippen LogP contribution in [0.5, 0.6) is 0 Å². The van der Waals surface area contributed by atoms with Crippen molar-refractivity contribution in [3.63, 3.8) is 0 Å². The van der Waals surface area contributed by atoms with E-state index in [1.54, 1.807) is 24.3 Å². The molecule has 0 aromatic heterocycles. The lowest BCUT2D eigenvalue weighted by Gasteiger charge is -2.29. The van der Waals surface area contributed by atoms with Gasteiger partial charge in [0.05, 0.1) is 6.61 Å². The molecule has 2 aromatic carbocycles. The summed E-state index contributed by atoms with van der Waals surface area (Å²) in [6.45, 7) is 2.41. The molecule has 0 aliphatic carbocycles. The van der Waals surface area contributed by atoms with Gasteiger partial charge in [0.2, 0.25) is 0 Å². The first-order valence-corrected chi connectivity index (χ1v) is 8.78. The molecule has 10 heteroatoms. The van der Waals surface area contributed by atoms with Crippen LogP contribution in [0.2, 0.25) is 5.02 Å². The van der Waals surface area contributed by atoms with Crippen molar-refractivity contribution in [1.82, 2.24) is 0 Å². The Bertz CT molecular complexity index is 903. The fourth-order valence-electron chi connectivity index (χ4n) is 2.48. The van der Waals surface area contributed by atoms with Gasteiger partial charge >= 0.3 is 18.2 Å². The van der Waals surface area contributed by atoms with E-state index in [2.05, 4.69) is 15.4 Å². The smallest absolute Gasteiger partial charge is 0.432 e. The van der Waals surface area contributed by atoms with Gasteiger partial charge in [-0.2, -0.15) is 13.2 Å². The number of carbonyl (C=O) groups excluding carboxylic acids is 2. The molecule has 0 saturated carbocycles. The summed E-state index contributed by atoms with van der Waals surface area (Å²) in [5, 5.41) is 15.6. The Hall–Kier alpha value is -2.78. The second-order valence-corrected chi connectivity index (χ2v) is 6.48. The molecule has 0 bridgehead atoms. The van der Waals surface area contributed by atoms with Crippen molar-refractivity contribution in [3.05, 3.63) is 58.6 Å². The quantitative estimate of drug-likeness (QED) is 0.605. The Morgan fingerprint density at radius 1 is 1.10 bits per heavy atom. The number of rotatable bonds is 5. The second-order valence-electron chi connectivity index (χ2n) is 6.04. The van der Waals surface area contributed by atoms with Crippen molar-refractivity contribution in [2.24, 2.45) is 0 Å². The Morgan fingerprint density at radius 3 is 2.24 bits per heavy atom. The van der Waals surface area contributed by atoms with Crippen LogP contribution in [-0.2, 0) is 15.1 Å². The number of hydrogen-bond donors (Lipinski definition) is 3. The number of carbonyl (C=O) groups is 2. The van der Waals surface area contributed by atoms with Gasteiger partial charge in [0.25, 0.3) is 5.60 Å². The minimum Gasteiger partial charge on any atom is -0.463 e. The molecule has 1 atom stereocenters. The predicted molar refractivity (Wildman–Crippen MR) is 102 cm³/mol. The molecular weight excluding hydrogens is 413 g/mol. The number of anilines is 2. The molecule has 0 aliphatic rings. The SMILES string of the molecule is CCOC(=O)C(O)(c1ccc(NC(=O)Nc2ccc(Cl)cc2)c(C)c1)C(F)(F)F. The van der Waals surface area contributed by atoms with E-state index in [4.69, 9.17) is 11.6 Å². The summed E-state index contributed by atoms with van der Waals surface area (Å²) in [5.74, 6) is -1.83. The van der Waals surface area contributed by atoms with E-state index in [1.165, 1.54) is 13.8 Å². The summed E-state index contributed by atoms with van der Waals surface area (Å²) in [5.41, 5.74) is -3.70. The van der Waals surface area contributed by atoms with Crippen LogP contribution in [0.15, 0.2) is 42.5 Å². The molecule has 0 aliphatic heterocycles. The third-order valence-electron chi connectivity index (χ3n) is 3.98. The molecule has 2 rings (SSSR count). The minimum atomic E-state index is -5.30. The van der Waals surface area contributed by atoms with Crippen molar-refractivity contribution in [3.8, 4) is 0 Å². The zero-order valence-electron chi connectivity index (χ0n) is 15.4. The number of esters is 1. The molecule has 3 N–H and O–H groups in total. The summed E-state index contributed by atoms with van der Waals surface area (Å²) in [6, 6.07) is 8.66. The van der Waals surface area contributed by atoms with Crippen LogP contribution in [0.3, 0.4) is 0 Å². The number of alkyl halides is 3. The third kappa shape index (κ3) is 4.99. The Kier molecular flexibility index (Phi) is 6.76. The predicted octanol–water partition coefficient (Wildman–Crippen LogP) is 4.61. The van der Waals surface area contributed by atoms with Crippen LogP contribution in [-0.4, -0.2) is 29.9 Å². The van der Waals surface area contributed by atoms with Crippen LogP contribution >= 0.6 is 11.6 Å². The van der Waals surface area contributed by atoms with E-state index in [0.29, 0.717) is 10.7 Å². The highest BCUT2D eigenvalue weighted by atomic mass is 35.5. The lowest BCUT2D eigenvalue weighted by molar-refractivity contribution is -0.267. The summed E-state index contributed by atoms with van der Waals surface area (Å²) in [7, 11) is 0. The average Bonchev–Trinajstić information content (AvgIpc) is 2.63. The number of ether oxygens (including phenoxy) is 1. The number of aliphatic hydroxyl groups is 1. The van der Waals surface area contributed by atoms with Crippen LogP contribution < -0.4 is 10.6 Å². The number of urea groups is 1. The molecule has 0 heterocycles. The zero-order chi connectivity index (χ0) is 21.8. The monoisotopic (exact) mass is 430 g/mol. The van der Waals surface area contributed by atoms with Crippen molar-refractivity contribution in [1.29, 1.82) is 0 Å². The van der Waals surface area contributed by atoms with Crippen LogP contribution in [0.25, 0.3) is 0 Å². The number of nitrogens with one attached hydrogen (secondary N) is 2. The van der Waals surface area contributed by atoms with E-state index in [1.807, 2.05) is 0 Å². The Morgan fingerprint density at radius 2 is 1.72 bits per heavy atom. The van der Waals surface area contributed by atoms with Crippen LogP contribution in [0.4, 0.5) is 29.3 Å². The Labute approximate surface area is 169 Å². The molecular formula is C19H18ClF3N2O4. The maximum atomic E-state index is 13.4. The van der Waals surface area contributed by atoms with Gasteiger partial charge in [-0.1, -0.05) is 23.7 Å². The molecule has 0 spiro atoms. The third-order valence-corrected chi connectivity index (χ3v) is 4.23. The molecule has 0 fully saturated rings. The standard InChI is InChI=1S/C19H18ClF3N2O4/c1-3-29-16(26)18(28,19(21,22)23)12-4-9-15(11(2)10-12)25-17(27)24-14-7-5-13(20)6-8-14/h4-10,28H,3H2,1-2H3,(H2,24,25,27). The van der Waals surface area contributed by atoms with Gasteiger partial charge in [0.1, 0.15) is 0 Å². The zero-order valence-corrected chi connectivity index (χ0v) is 16.2. The van der Waals surface area contributed by atoms with Gasteiger partial charge in [-0.05, 0) is 49.7 Å². The van der Waals surface area contributed by atoms with E-state index < -0.39 is 29.3 Å². The van der Waals surface area contributed by atoms with Crippen LogP contribution in [0, 0.1) is 6.92 Å². The molecule has 2 aromatic rings. The van der Waals surface area contributed by atoms with Crippen molar-refractivity contribution < 1.29 is 32.6 Å². The molecule has 29 heavy (non-hydrogen) atoms. The van der Waals surface area contributed by atoms with Crippen molar-refractivity contribution >= 4 is 35.0 Å². The molecule has 156 valence electrons. The first-order chi connectivity index (χ1) is 13.5. The molecule has 0 radical (unpaired) electrons. The number of hydrogen-bond acceptors (Lipinski definition) is 4. The van der Waals surface area contributed by atoms with Crippen molar-refractivity contribution in [2.45, 2.75) is 25.6 Å². The Balaban J connectivity index is 2.25. The second kappa shape index (κ2) is 8.71. The van der Waals surface area contributed by atoms with E-state index in [9.17, 15) is 27.9 Å². The molecule has 2 amide bonds. The summed E-state index contributed by atoms with van der Waals surface area (Å²) >= 11 is 5.76. The van der Waals surface area contributed by atoms with E-state index >= 15 is 0 Å². The topological polar surface area (TPSA) is 87.7 Å². The van der Waals surface area contributed by atoms with Gasteiger partial charge in [-0.15, -0.1) is 0 Å².